The predicted molar refractivity (Wildman–Crippen MR) is 289 cm³/mol. The Morgan fingerprint density at radius 2 is 1.11 bits per heavy atom. The third-order valence-corrected chi connectivity index (χ3v) is 12.9. The number of methoxy groups -OCH3 is 2. The molecule has 0 heterocycles. The van der Waals surface area contributed by atoms with Crippen molar-refractivity contribution in [2.45, 2.75) is 272 Å². The van der Waals surface area contributed by atoms with Crippen LogP contribution < -0.4 is 11.3 Å². The summed E-state index contributed by atoms with van der Waals surface area (Å²) in [6, 6.07) is 0. The lowest BCUT2D eigenvalue weighted by atomic mass is 9.93. The molecule has 0 aromatic carbocycles. The van der Waals surface area contributed by atoms with Gasteiger partial charge in [0.05, 0.1) is 11.8 Å². The minimum atomic E-state index is 0.163. The van der Waals surface area contributed by atoms with E-state index in [2.05, 4.69) is 62.2 Å². The van der Waals surface area contributed by atoms with Crippen LogP contribution in [0.25, 0.3) is 0 Å². The summed E-state index contributed by atoms with van der Waals surface area (Å²) in [5.41, 5.74) is 5.95. The lowest BCUT2D eigenvalue weighted by Gasteiger charge is -2.22. The maximum atomic E-state index is 10.4. The minimum absolute atomic E-state index is 0.163. The summed E-state index contributed by atoms with van der Waals surface area (Å²) in [6.45, 7) is 21.8. The second kappa shape index (κ2) is 58.3. The van der Waals surface area contributed by atoms with E-state index in [1.165, 1.54) is 186 Å². The van der Waals surface area contributed by atoms with Crippen LogP contribution in [0.5, 0.6) is 0 Å². The van der Waals surface area contributed by atoms with Crippen LogP contribution in [0.2, 0.25) is 0 Å². The normalized spacial score (nSPS) is 11.8. The lowest BCUT2D eigenvalue weighted by molar-refractivity contribution is -0.107. The van der Waals surface area contributed by atoms with Gasteiger partial charge in [-0.15, -0.1) is 5.73 Å². The lowest BCUT2D eigenvalue weighted by Crippen LogP contribution is -2.39. The number of aldehydes is 1. The van der Waals surface area contributed by atoms with Gasteiger partial charge in [-0.05, 0) is 95.8 Å². The summed E-state index contributed by atoms with van der Waals surface area (Å²) < 4.78 is 10.7. The van der Waals surface area contributed by atoms with Gasteiger partial charge in [-0.1, -0.05) is 202 Å². The molecule has 1 atom stereocenters. The van der Waals surface area contributed by atoms with E-state index in [9.17, 15) is 4.79 Å². The highest BCUT2D eigenvalue weighted by Gasteiger charge is 2.13. The highest BCUT2D eigenvalue weighted by Crippen LogP contribution is 2.20. The Kier molecular flexibility index (Phi) is 60.5. The molecule has 0 radical (unpaired) electrons. The van der Waals surface area contributed by atoms with Crippen molar-refractivity contribution in [1.82, 2.24) is 10.3 Å². The number of rotatable bonds is 47. The molecule has 0 rings (SSSR count). The molecule has 0 saturated heterocycles. The number of unbranched alkanes of at least 4 members (excludes halogenated alkanes) is 22. The van der Waals surface area contributed by atoms with Gasteiger partial charge in [0.25, 0.3) is 0 Å². The van der Waals surface area contributed by atoms with Gasteiger partial charge in [-0.25, -0.2) is 5.84 Å². The molecule has 0 bridgehead atoms. The van der Waals surface area contributed by atoms with E-state index in [0.29, 0.717) is 30.6 Å². The van der Waals surface area contributed by atoms with Gasteiger partial charge in [0, 0.05) is 39.7 Å². The minimum Gasteiger partial charge on any atom is -0.385 e. The van der Waals surface area contributed by atoms with E-state index in [1.54, 1.807) is 7.11 Å². The fourth-order valence-corrected chi connectivity index (χ4v) is 8.16. The molecular formula is C57H115N5O3. The highest BCUT2D eigenvalue weighted by molar-refractivity contribution is 6.40. The molecule has 0 saturated carbocycles. The fraction of sp³-hybridized carbons (Fsp3) is 0.895. The van der Waals surface area contributed by atoms with E-state index in [1.807, 2.05) is 20.1 Å². The molecule has 4 N–H and O–H groups in total. The van der Waals surface area contributed by atoms with Crippen LogP contribution in [0, 0.1) is 17.2 Å². The molecule has 8 nitrogen and oxygen atoms in total. The second-order valence-corrected chi connectivity index (χ2v) is 18.9. The Labute approximate surface area is 406 Å². The van der Waals surface area contributed by atoms with Crippen molar-refractivity contribution in [2.75, 3.05) is 47.0 Å². The Balaban J connectivity index is -0.00000101. The first-order chi connectivity index (χ1) is 31.8. The number of hydrogen-bond acceptors (Lipinski definition) is 7. The van der Waals surface area contributed by atoms with Gasteiger partial charge in [-0.3, -0.25) is 4.99 Å². The van der Waals surface area contributed by atoms with Crippen LogP contribution >= 0.6 is 0 Å². The number of nitrogens with one attached hydrogen (secondary N) is 2. The summed E-state index contributed by atoms with van der Waals surface area (Å²) in [4.78, 5) is 17.6. The van der Waals surface area contributed by atoms with Gasteiger partial charge >= 0.3 is 0 Å². The molecule has 0 aliphatic carbocycles. The number of carbonyl (C=O) groups excluding carboxylic acids is 1. The van der Waals surface area contributed by atoms with E-state index in [4.69, 9.17) is 20.7 Å². The molecule has 0 aliphatic heterocycles. The summed E-state index contributed by atoms with van der Waals surface area (Å²) in [5.74, 6) is 7.21. The molecule has 0 fully saturated rings. The number of ether oxygens (including phenoxy) is 2. The van der Waals surface area contributed by atoms with Gasteiger partial charge in [0.15, 0.2) is 5.84 Å². The first-order valence-corrected chi connectivity index (χ1v) is 27.9. The zero-order chi connectivity index (χ0) is 48.7. The first-order valence-electron chi connectivity index (χ1n) is 27.9. The number of hydrogen-bond donors (Lipinski definition) is 3. The number of carbonyl (C=O) groups is 1. The first kappa shape index (κ1) is 67.4. The Morgan fingerprint density at radius 1 is 0.646 bits per heavy atom. The average molecular weight is 919 g/mol. The largest absolute Gasteiger partial charge is 0.385 e. The summed E-state index contributed by atoms with van der Waals surface area (Å²) in [7, 11) is 3.69. The summed E-state index contributed by atoms with van der Waals surface area (Å²) in [6.07, 6.45) is 48.2. The molecular weight excluding hydrogens is 803 g/mol. The van der Waals surface area contributed by atoms with Crippen LogP contribution in [-0.2, 0) is 14.3 Å². The van der Waals surface area contributed by atoms with Crippen LogP contribution in [0.4, 0.5) is 0 Å². The molecule has 0 aromatic heterocycles. The number of nitrogens with two attached hydrogens (primary N) is 1. The molecule has 386 valence electrons. The maximum Gasteiger partial charge on any atom is 0.156 e. The third-order valence-electron chi connectivity index (χ3n) is 12.9. The molecule has 0 spiro atoms. The predicted octanol–water partition coefficient (Wildman–Crippen LogP) is 16.3. The van der Waals surface area contributed by atoms with E-state index in [0.717, 1.165) is 70.5 Å². The average Bonchev–Trinajstić information content (AvgIpc) is 3.32. The zero-order valence-corrected chi connectivity index (χ0v) is 45.1. The maximum absolute atomic E-state index is 10.4. The van der Waals surface area contributed by atoms with Crippen molar-refractivity contribution in [2.24, 2.45) is 22.7 Å². The van der Waals surface area contributed by atoms with Gasteiger partial charge in [0.1, 0.15) is 6.29 Å². The van der Waals surface area contributed by atoms with Crippen LogP contribution in [-0.4, -0.2) is 75.8 Å². The van der Waals surface area contributed by atoms with Crippen molar-refractivity contribution in [1.29, 1.82) is 5.41 Å². The highest BCUT2D eigenvalue weighted by atomic mass is 16.5. The molecule has 65 heavy (non-hydrogen) atoms. The standard InChI is InChI=1S/C27H51N5O.C18H38O.C12H26O/c1-4-6-7-8-9-10-13-16-21-32(22-17-14-11-12-15-18-24-33)23-19-20-30-27(31-29)26(28)25(3)5-2;1-4-6-8-10-12-14-16-18(19-3)17-15-13-11-9-7-5-2;1-4-6-8-12(9-7-5-2)10-11-13-3/h6,24-25,28H,1,5,7-23,29H2,2-3H3,(H,30,31);18H,4-17H2,1-3H3;12H,4-11H2,1-3H3. The zero-order valence-electron chi connectivity index (χ0n) is 45.1. The summed E-state index contributed by atoms with van der Waals surface area (Å²) >= 11 is 0. The van der Waals surface area contributed by atoms with Crippen molar-refractivity contribution in [3.8, 4) is 0 Å². The van der Waals surface area contributed by atoms with Crippen molar-refractivity contribution in [3.05, 3.63) is 18.4 Å². The molecule has 0 aliphatic rings. The van der Waals surface area contributed by atoms with Crippen LogP contribution in [0.15, 0.2) is 23.4 Å². The Bertz CT molecular complexity index is 997. The van der Waals surface area contributed by atoms with E-state index in [-0.39, 0.29) is 5.92 Å². The van der Waals surface area contributed by atoms with Crippen LogP contribution in [0.1, 0.15) is 266 Å². The molecule has 8 heteroatoms. The third kappa shape index (κ3) is 51.4. The molecule has 1 unspecified atom stereocenters. The number of aliphatic imine (C=N–C) groups is 1. The van der Waals surface area contributed by atoms with Gasteiger partial charge in [-0.2, -0.15) is 0 Å². The van der Waals surface area contributed by atoms with E-state index >= 15 is 0 Å². The Morgan fingerprint density at radius 3 is 1.55 bits per heavy atom. The Hall–Kier alpha value is -1.83. The molecule has 0 amide bonds. The van der Waals surface area contributed by atoms with E-state index < -0.39 is 0 Å². The number of amidine groups is 1. The molecule has 0 aromatic rings. The second-order valence-electron chi connectivity index (χ2n) is 18.9. The fourth-order valence-electron chi connectivity index (χ4n) is 8.16. The smallest absolute Gasteiger partial charge is 0.156 e. The number of allylic oxidation sites excluding steroid dienone is 1. The number of hydrazine groups is 1. The van der Waals surface area contributed by atoms with Gasteiger partial charge < -0.3 is 30.0 Å². The van der Waals surface area contributed by atoms with Crippen molar-refractivity contribution in [3.63, 3.8) is 0 Å². The monoisotopic (exact) mass is 918 g/mol. The SMILES string of the molecule is C=C=CCCCCCCCN(CCCCCCCC=O)CCCN=C(NN)C(=N)C(C)CC.CCCCC(CCCC)CCOC.CCCCCCCCC(CCCCCCCC)OC. The van der Waals surface area contributed by atoms with Crippen LogP contribution in [0.3, 0.4) is 0 Å². The summed E-state index contributed by atoms with van der Waals surface area (Å²) in [5, 5.41) is 8.22. The van der Waals surface area contributed by atoms with Gasteiger partial charge in [0.2, 0.25) is 0 Å². The van der Waals surface area contributed by atoms with Crippen molar-refractivity contribution < 1.29 is 14.3 Å². The topological polar surface area (TPSA) is 113 Å². The quantitative estimate of drug-likeness (QED) is 0.0107. The number of nitrogens with zero attached hydrogens (tertiary/aromatic N) is 2. The van der Waals surface area contributed by atoms with Crippen molar-refractivity contribution >= 4 is 17.8 Å².